The molecule has 1 aromatic rings. The number of rotatable bonds is 8. The molecule has 1 amide bonds. The van der Waals surface area contributed by atoms with Gasteiger partial charge in [-0.1, -0.05) is 0 Å². The zero-order chi connectivity index (χ0) is 15.8. The topological polar surface area (TPSA) is 102 Å². The van der Waals surface area contributed by atoms with E-state index in [1.807, 2.05) is 0 Å². The highest BCUT2D eigenvalue weighted by atomic mass is 32.2. The Bertz CT molecular complexity index is 497. The molecule has 0 spiro atoms. The average Bonchev–Trinajstić information content (AvgIpc) is 2.40. The van der Waals surface area contributed by atoms with Crippen LogP contribution in [0.5, 0.6) is 5.75 Å². The minimum Gasteiger partial charge on any atom is -0.494 e. The fourth-order valence-corrected chi connectivity index (χ4v) is 2.66. The SMILES string of the molecule is Cc1cc(OCCCC(=O)NCCN)cc(C)c1S(=O)O. The van der Waals surface area contributed by atoms with Gasteiger partial charge in [-0.05, 0) is 43.5 Å². The Hall–Kier alpha value is -1.44. The van der Waals surface area contributed by atoms with Gasteiger partial charge >= 0.3 is 0 Å². The summed E-state index contributed by atoms with van der Waals surface area (Å²) in [6.45, 7) is 4.86. The summed E-state index contributed by atoms with van der Waals surface area (Å²) < 4.78 is 26.0. The molecule has 1 aromatic carbocycles. The first-order chi connectivity index (χ1) is 9.95. The Balaban J connectivity index is 2.46. The first kappa shape index (κ1) is 17.6. The largest absolute Gasteiger partial charge is 0.494 e. The average molecular weight is 314 g/mol. The lowest BCUT2D eigenvalue weighted by atomic mass is 10.1. The lowest BCUT2D eigenvalue weighted by Gasteiger charge is -2.11. The zero-order valence-corrected chi connectivity index (χ0v) is 13.2. The number of nitrogens with one attached hydrogen (secondary N) is 1. The van der Waals surface area contributed by atoms with Gasteiger partial charge in [-0.15, -0.1) is 0 Å². The summed E-state index contributed by atoms with van der Waals surface area (Å²) in [5, 5.41) is 2.69. The third-order valence-corrected chi connectivity index (χ3v) is 3.89. The second kappa shape index (κ2) is 8.76. The predicted octanol–water partition coefficient (Wildman–Crippen LogP) is 1.12. The standard InChI is InChI=1S/C14H22N2O4S/c1-10-8-12(9-11(2)14(10)21(18)19)20-7-3-4-13(17)16-6-5-15/h8-9H,3-7,15H2,1-2H3,(H,16,17)(H,18,19). The summed E-state index contributed by atoms with van der Waals surface area (Å²) in [6.07, 6.45) is 0.985. The summed E-state index contributed by atoms with van der Waals surface area (Å²) >= 11 is -2.00. The molecular formula is C14H22N2O4S. The minimum absolute atomic E-state index is 0.0394. The third kappa shape index (κ3) is 5.82. The van der Waals surface area contributed by atoms with Crippen molar-refractivity contribution in [3.8, 4) is 5.75 Å². The van der Waals surface area contributed by atoms with Crippen LogP contribution in [0.4, 0.5) is 0 Å². The Morgan fingerprint density at radius 1 is 1.38 bits per heavy atom. The molecule has 21 heavy (non-hydrogen) atoms. The number of hydrogen-bond donors (Lipinski definition) is 3. The van der Waals surface area contributed by atoms with E-state index in [4.69, 9.17) is 10.5 Å². The summed E-state index contributed by atoms with van der Waals surface area (Å²) in [4.78, 5) is 11.8. The van der Waals surface area contributed by atoms with E-state index in [2.05, 4.69) is 5.32 Å². The van der Waals surface area contributed by atoms with E-state index < -0.39 is 11.1 Å². The van der Waals surface area contributed by atoms with Crippen molar-refractivity contribution in [1.82, 2.24) is 5.32 Å². The normalized spacial score (nSPS) is 12.0. The Kier molecular flexibility index (Phi) is 7.35. The predicted molar refractivity (Wildman–Crippen MR) is 81.7 cm³/mol. The third-order valence-electron chi connectivity index (χ3n) is 2.89. The second-order valence-corrected chi connectivity index (χ2v) is 5.63. The van der Waals surface area contributed by atoms with Crippen LogP contribution in [-0.2, 0) is 15.9 Å². The molecule has 7 heteroatoms. The van der Waals surface area contributed by atoms with Crippen LogP contribution >= 0.6 is 0 Å². The van der Waals surface area contributed by atoms with Gasteiger partial charge in [0.1, 0.15) is 5.75 Å². The van der Waals surface area contributed by atoms with Gasteiger partial charge in [-0.2, -0.15) is 0 Å². The van der Waals surface area contributed by atoms with E-state index in [0.717, 1.165) is 0 Å². The number of aryl methyl sites for hydroxylation is 2. The van der Waals surface area contributed by atoms with Crippen molar-refractivity contribution < 1.29 is 18.3 Å². The van der Waals surface area contributed by atoms with Crippen LogP contribution in [0.3, 0.4) is 0 Å². The molecule has 1 atom stereocenters. The first-order valence-corrected chi connectivity index (χ1v) is 7.88. The molecule has 1 rings (SSSR count). The van der Waals surface area contributed by atoms with E-state index in [9.17, 15) is 13.6 Å². The number of ether oxygens (including phenoxy) is 1. The molecule has 0 saturated carbocycles. The first-order valence-electron chi connectivity index (χ1n) is 6.77. The number of benzene rings is 1. The maximum absolute atomic E-state index is 11.4. The van der Waals surface area contributed by atoms with Crippen molar-refractivity contribution in [2.45, 2.75) is 31.6 Å². The summed E-state index contributed by atoms with van der Waals surface area (Å²) in [5.41, 5.74) is 6.72. The van der Waals surface area contributed by atoms with Crippen molar-refractivity contribution in [2.24, 2.45) is 5.73 Å². The quantitative estimate of drug-likeness (QED) is 0.493. The molecule has 6 nitrogen and oxygen atoms in total. The van der Waals surface area contributed by atoms with Gasteiger partial charge in [0, 0.05) is 19.5 Å². The van der Waals surface area contributed by atoms with Gasteiger partial charge < -0.3 is 20.3 Å². The summed E-state index contributed by atoms with van der Waals surface area (Å²) in [5.74, 6) is 0.601. The molecule has 0 heterocycles. The Labute approximate surface area is 127 Å². The number of amides is 1. The molecule has 0 aliphatic carbocycles. The van der Waals surface area contributed by atoms with Gasteiger partial charge in [0.25, 0.3) is 0 Å². The van der Waals surface area contributed by atoms with Crippen molar-refractivity contribution in [1.29, 1.82) is 0 Å². The molecule has 0 aromatic heterocycles. The van der Waals surface area contributed by atoms with E-state index in [0.29, 0.717) is 54.3 Å². The van der Waals surface area contributed by atoms with Crippen LogP contribution in [0.1, 0.15) is 24.0 Å². The van der Waals surface area contributed by atoms with Crippen molar-refractivity contribution in [2.75, 3.05) is 19.7 Å². The number of carbonyl (C=O) groups excluding carboxylic acids is 1. The molecular weight excluding hydrogens is 292 g/mol. The fraction of sp³-hybridized carbons (Fsp3) is 0.500. The molecule has 0 aliphatic heterocycles. The van der Waals surface area contributed by atoms with E-state index in [-0.39, 0.29) is 5.91 Å². The Morgan fingerprint density at radius 2 is 2.00 bits per heavy atom. The van der Waals surface area contributed by atoms with Gasteiger partial charge in [-0.25, -0.2) is 4.21 Å². The van der Waals surface area contributed by atoms with E-state index >= 15 is 0 Å². The molecule has 0 aliphatic rings. The van der Waals surface area contributed by atoms with Crippen LogP contribution in [0.15, 0.2) is 17.0 Å². The second-order valence-electron chi connectivity index (χ2n) is 4.73. The number of carbonyl (C=O) groups is 1. The van der Waals surface area contributed by atoms with Crippen LogP contribution in [0.2, 0.25) is 0 Å². The van der Waals surface area contributed by atoms with Crippen LogP contribution in [0.25, 0.3) is 0 Å². The molecule has 0 radical (unpaired) electrons. The van der Waals surface area contributed by atoms with Gasteiger partial charge in [-0.3, -0.25) is 4.79 Å². The highest BCUT2D eigenvalue weighted by molar-refractivity contribution is 7.79. The molecule has 0 saturated heterocycles. The van der Waals surface area contributed by atoms with Gasteiger partial charge in [0.05, 0.1) is 11.5 Å². The Morgan fingerprint density at radius 3 is 2.52 bits per heavy atom. The maximum atomic E-state index is 11.4. The smallest absolute Gasteiger partial charge is 0.220 e. The lowest BCUT2D eigenvalue weighted by molar-refractivity contribution is -0.121. The minimum atomic E-state index is -2.00. The fourth-order valence-electron chi connectivity index (χ4n) is 1.99. The highest BCUT2D eigenvalue weighted by Gasteiger charge is 2.10. The van der Waals surface area contributed by atoms with Crippen molar-refractivity contribution in [3.63, 3.8) is 0 Å². The van der Waals surface area contributed by atoms with Crippen LogP contribution < -0.4 is 15.8 Å². The molecule has 0 bridgehead atoms. The summed E-state index contributed by atoms with van der Waals surface area (Å²) in [6, 6.07) is 3.45. The van der Waals surface area contributed by atoms with E-state index in [1.165, 1.54) is 0 Å². The summed E-state index contributed by atoms with van der Waals surface area (Å²) in [7, 11) is 0. The number of hydrogen-bond acceptors (Lipinski definition) is 4. The highest BCUT2D eigenvalue weighted by Crippen LogP contribution is 2.24. The molecule has 1 unspecified atom stereocenters. The number of nitrogens with two attached hydrogens (primary N) is 1. The van der Waals surface area contributed by atoms with E-state index in [1.54, 1.807) is 26.0 Å². The molecule has 118 valence electrons. The zero-order valence-electron chi connectivity index (χ0n) is 12.3. The van der Waals surface area contributed by atoms with Gasteiger partial charge in [0.15, 0.2) is 11.1 Å². The van der Waals surface area contributed by atoms with Crippen molar-refractivity contribution >= 4 is 17.0 Å². The van der Waals surface area contributed by atoms with Crippen molar-refractivity contribution in [3.05, 3.63) is 23.3 Å². The molecule has 4 N–H and O–H groups in total. The monoisotopic (exact) mass is 314 g/mol. The molecule has 0 fully saturated rings. The van der Waals surface area contributed by atoms with Gasteiger partial charge in [0.2, 0.25) is 5.91 Å². The lowest BCUT2D eigenvalue weighted by Crippen LogP contribution is -2.29. The van der Waals surface area contributed by atoms with Crippen LogP contribution in [0, 0.1) is 13.8 Å². The van der Waals surface area contributed by atoms with Crippen LogP contribution in [-0.4, -0.2) is 34.4 Å². The maximum Gasteiger partial charge on any atom is 0.220 e.